The van der Waals surface area contributed by atoms with Gasteiger partial charge in [0.05, 0.1) is 25.3 Å². The molecule has 2 heterocycles. The van der Waals surface area contributed by atoms with Gasteiger partial charge in [-0.2, -0.15) is 0 Å². The first kappa shape index (κ1) is 26.3. The SMILES string of the molecule is COC(=O)c1ccc(C2CC3(CCN2Cc2c(OC)cc(C)c4c2ccn4C(=O)OC(C)(C)C)CC3)cc1. The molecular weight excluding hydrogens is 480 g/mol. The highest BCUT2D eigenvalue weighted by atomic mass is 16.6. The number of methoxy groups -OCH3 is 2. The van der Waals surface area contributed by atoms with Gasteiger partial charge >= 0.3 is 12.1 Å². The minimum absolute atomic E-state index is 0.229. The molecule has 1 saturated heterocycles. The summed E-state index contributed by atoms with van der Waals surface area (Å²) >= 11 is 0. The zero-order valence-electron chi connectivity index (χ0n) is 23.3. The molecule has 1 spiro atoms. The Balaban J connectivity index is 1.51. The van der Waals surface area contributed by atoms with Gasteiger partial charge in [-0.1, -0.05) is 12.1 Å². The van der Waals surface area contributed by atoms with Gasteiger partial charge in [-0.3, -0.25) is 9.47 Å². The molecule has 1 aromatic heterocycles. The van der Waals surface area contributed by atoms with Gasteiger partial charge in [0.25, 0.3) is 0 Å². The lowest BCUT2D eigenvalue weighted by molar-refractivity contribution is 0.0542. The van der Waals surface area contributed by atoms with Crippen molar-refractivity contribution >= 4 is 23.0 Å². The second-order valence-corrected chi connectivity index (χ2v) is 11.9. The number of hydrogen-bond acceptors (Lipinski definition) is 6. The van der Waals surface area contributed by atoms with Crippen LogP contribution in [0.25, 0.3) is 10.9 Å². The first-order valence-corrected chi connectivity index (χ1v) is 13.4. The van der Waals surface area contributed by atoms with Crippen LogP contribution in [0.5, 0.6) is 5.75 Å². The van der Waals surface area contributed by atoms with E-state index in [0.29, 0.717) is 17.5 Å². The van der Waals surface area contributed by atoms with Crippen molar-refractivity contribution in [1.29, 1.82) is 0 Å². The van der Waals surface area contributed by atoms with E-state index in [1.54, 1.807) is 17.9 Å². The molecule has 1 unspecified atom stereocenters. The molecule has 0 amide bonds. The van der Waals surface area contributed by atoms with E-state index in [9.17, 15) is 9.59 Å². The third-order valence-electron chi connectivity index (χ3n) is 8.07. The smallest absolute Gasteiger partial charge is 0.419 e. The first-order chi connectivity index (χ1) is 18.0. The Bertz CT molecular complexity index is 1360. The summed E-state index contributed by atoms with van der Waals surface area (Å²) < 4.78 is 18.0. The monoisotopic (exact) mass is 518 g/mol. The number of rotatable bonds is 5. The number of aryl methyl sites for hydroxylation is 1. The number of hydrogen-bond donors (Lipinski definition) is 0. The molecule has 3 aromatic rings. The van der Waals surface area contributed by atoms with E-state index in [1.807, 2.05) is 52.0 Å². The van der Waals surface area contributed by atoms with Crippen LogP contribution in [-0.2, 0) is 16.0 Å². The van der Waals surface area contributed by atoms with Crippen LogP contribution in [0.1, 0.15) is 79.5 Å². The van der Waals surface area contributed by atoms with Crippen LogP contribution in [0, 0.1) is 12.3 Å². The third-order valence-corrected chi connectivity index (χ3v) is 8.07. The fourth-order valence-corrected chi connectivity index (χ4v) is 5.86. The molecule has 38 heavy (non-hydrogen) atoms. The van der Waals surface area contributed by atoms with Crippen molar-refractivity contribution in [3.05, 3.63) is 64.8 Å². The third kappa shape index (κ3) is 5.04. The maximum Gasteiger partial charge on any atom is 0.419 e. The maximum atomic E-state index is 13.0. The minimum atomic E-state index is -0.583. The van der Waals surface area contributed by atoms with Crippen LogP contribution in [-0.4, -0.2) is 47.9 Å². The molecule has 5 rings (SSSR count). The van der Waals surface area contributed by atoms with Crippen LogP contribution in [0.2, 0.25) is 0 Å². The molecule has 2 aromatic carbocycles. The lowest BCUT2D eigenvalue weighted by atomic mass is 9.84. The lowest BCUT2D eigenvalue weighted by Gasteiger charge is -2.40. The summed E-state index contributed by atoms with van der Waals surface area (Å²) in [5.41, 5.74) is 4.50. The van der Waals surface area contributed by atoms with E-state index < -0.39 is 5.60 Å². The van der Waals surface area contributed by atoms with Crippen LogP contribution in [0.3, 0.4) is 0 Å². The Hall–Kier alpha value is -3.32. The molecule has 7 nitrogen and oxygen atoms in total. The average molecular weight is 519 g/mol. The lowest BCUT2D eigenvalue weighted by Crippen LogP contribution is -2.37. The average Bonchev–Trinajstić information content (AvgIpc) is 3.47. The van der Waals surface area contributed by atoms with Crippen molar-refractivity contribution in [2.24, 2.45) is 5.41 Å². The first-order valence-electron chi connectivity index (χ1n) is 13.4. The van der Waals surface area contributed by atoms with Gasteiger partial charge in [-0.05, 0) is 101 Å². The molecule has 0 N–H and O–H groups in total. The van der Waals surface area contributed by atoms with Crippen LogP contribution < -0.4 is 4.74 Å². The van der Waals surface area contributed by atoms with Crippen molar-refractivity contribution in [1.82, 2.24) is 9.47 Å². The molecule has 1 atom stereocenters. The molecule has 0 radical (unpaired) electrons. The van der Waals surface area contributed by atoms with Gasteiger partial charge in [0, 0.05) is 29.7 Å². The number of ether oxygens (including phenoxy) is 3. The maximum absolute atomic E-state index is 13.0. The number of carbonyl (C=O) groups is 2. The van der Waals surface area contributed by atoms with Crippen molar-refractivity contribution < 1.29 is 23.8 Å². The van der Waals surface area contributed by atoms with Gasteiger partial charge in [0.1, 0.15) is 11.4 Å². The molecular formula is C31H38N2O5. The van der Waals surface area contributed by atoms with Crippen molar-refractivity contribution in [3.63, 3.8) is 0 Å². The molecule has 1 saturated carbocycles. The molecule has 7 heteroatoms. The summed E-state index contributed by atoms with van der Waals surface area (Å²) in [5, 5.41) is 0.999. The molecule has 1 aliphatic heterocycles. The number of fused-ring (bicyclic) bond motifs is 1. The molecule has 2 fully saturated rings. The number of esters is 1. The van der Waals surface area contributed by atoms with E-state index in [1.165, 1.54) is 31.9 Å². The summed E-state index contributed by atoms with van der Waals surface area (Å²) in [6, 6.07) is 12.1. The van der Waals surface area contributed by atoms with Gasteiger partial charge in [0.15, 0.2) is 0 Å². The van der Waals surface area contributed by atoms with Gasteiger partial charge in [0.2, 0.25) is 0 Å². The van der Waals surface area contributed by atoms with Crippen LogP contribution in [0.15, 0.2) is 42.6 Å². The Labute approximate surface area is 224 Å². The highest BCUT2D eigenvalue weighted by Gasteiger charge is 2.48. The van der Waals surface area contributed by atoms with Gasteiger partial charge in [-0.15, -0.1) is 0 Å². The van der Waals surface area contributed by atoms with Crippen LogP contribution >= 0.6 is 0 Å². The Morgan fingerprint density at radius 3 is 2.37 bits per heavy atom. The topological polar surface area (TPSA) is 70.0 Å². The standard InChI is InChI=1S/C31H38N2O5/c1-20-17-26(36-5)24(23-11-15-33(27(20)23)29(35)38-30(2,3)4)19-32-16-14-31(12-13-31)18-25(32)21-7-9-22(10-8-21)28(34)37-6/h7-11,15,17,25H,12-14,16,18-19H2,1-6H3. The number of likely N-dealkylation sites (tertiary alicyclic amines) is 1. The fourth-order valence-electron chi connectivity index (χ4n) is 5.86. The number of aromatic nitrogens is 1. The summed E-state index contributed by atoms with van der Waals surface area (Å²) in [6.07, 6.45) is 6.26. The predicted molar refractivity (Wildman–Crippen MR) is 147 cm³/mol. The Morgan fingerprint density at radius 1 is 1.05 bits per heavy atom. The molecule has 0 bridgehead atoms. The van der Waals surface area contributed by atoms with E-state index in [4.69, 9.17) is 14.2 Å². The predicted octanol–water partition coefficient (Wildman–Crippen LogP) is 6.65. The van der Waals surface area contributed by atoms with E-state index in [0.717, 1.165) is 40.7 Å². The number of nitrogens with zero attached hydrogens (tertiary/aromatic N) is 2. The summed E-state index contributed by atoms with van der Waals surface area (Å²) in [4.78, 5) is 27.5. The summed E-state index contributed by atoms with van der Waals surface area (Å²) in [7, 11) is 3.11. The van der Waals surface area contributed by atoms with Crippen molar-refractivity contribution in [2.45, 2.75) is 71.6 Å². The molecule has 2 aliphatic rings. The second kappa shape index (κ2) is 9.77. The van der Waals surface area contributed by atoms with Crippen molar-refractivity contribution in [3.8, 4) is 5.75 Å². The zero-order chi connectivity index (χ0) is 27.2. The fraction of sp³-hybridized carbons (Fsp3) is 0.484. The normalized spacial score (nSPS) is 18.9. The largest absolute Gasteiger partial charge is 0.496 e. The van der Waals surface area contributed by atoms with Gasteiger partial charge < -0.3 is 14.2 Å². The van der Waals surface area contributed by atoms with Crippen LogP contribution in [0.4, 0.5) is 4.79 Å². The quantitative estimate of drug-likeness (QED) is 0.353. The van der Waals surface area contributed by atoms with Crippen molar-refractivity contribution in [2.75, 3.05) is 20.8 Å². The van der Waals surface area contributed by atoms with Gasteiger partial charge in [-0.25, -0.2) is 9.59 Å². The molecule has 1 aliphatic carbocycles. The van der Waals surface area contributed by atoms with E-state index in [-0.39, 0.29) is 18.1 Å². The van der Waals surface area contributed by atoms with E-state index >= 15 is 0 Å². The second-order valence-electron chi connectivity index (χ2n) is 11.9. The van der Waals surface area contributed by atoms with E-state index in [2.05, 4.69) is 17.0 Å². The summed E-state index contributed by atoms with van der Waals surface area (Å²) in [5.74, 6) is 0.500. The number of carbonyl (C=O) groups excluding carboxylic acids is 2. The number of benzene rings is 2. The zero-order valence-corrected chi connectivity index (χ0v) is 23.3. The Morgan fingerprint density at radius 2 is 1.76 bits per heavy atom. The molecule has 202 valence electrons. The minimum Gasteiger partial charge on any atom is -0.496 e. The highest BCUT2D eigenvalue weighted by Crippen LogP contribution is 2.58. The highest BCUT2D eigenvalue weighted by molar-refractivity contribution is 5.95. The number of piperidine rings is 1. The Kier molecular flexibility index (Phi) is 6.76. The summed E-state index contributed by atoms with van der Waals surface area (Å²) in [6.45, 7) is 9.29.